The van der Waals surface area contributed by atoms with E-state index >= 15 is 0 Å². The lowest BCUT2D eigenvalue weighted by molar-refractivity contribution is -0.917. The van der Waals surface area contributed by atoms with Crippen LogP contribution in [-0.2, 0) is 6.54 Å². The van der Waals surface area contributed by atoms with E-state index in [1.54, 1.807) is 4.90 Å². The molecule has 1 heterocycles. The van der Waals surface area contributed by atoms with Crippen molar-refractivity contribution in [3.8, 4) is 0 Å². The van der Waals surface area contributed by atoms with E-state index < -0.39 is 0 Å². The molecular weight excluding hydrogens is 184 g/mol. The topological polar surface area (TPSA) is 21.1 Å². The predicted molar refractivity (Wildman–Crippen MR) is 61.9 cm³/mol. The fraction of sp³-hybridized carbons (Fsp3) is 0.538. The van der Waals surface area contributed by atoms with Gasteiger partial charge in [0.25, 0.3) is 0 Å². The summed E-state index contributed by atoms with van der Waals surface area (Å²) < 4.78 is 0. The number of nitrogens with two attached hydrogens (primary N) is 1. The Bertz CT molecular complexity index is 284. The first-order chi connectivity index (χ1) is 7.34. The van der Waals surface area contributed by atoms with Gasteiger partial charge in [-0.1, -0.05) is 29.8 Å². The molecule has 0 saturated carbocycles. The molecule has 0 aliphatic carbocycles. The van der Waals surface area contributed by atoms with Crippen LogP contribution in [0.5, 0.6) is 0 Å². The van der Waals surface area contributed by atoms with Crippen molar-refractivity contribution in [3.05, 3.63) is 35.4 Å². The second-order valence-corrected chi connectivity index (χ2v) is 4.63. The van der Waals surface area contributed by atoms with Gasteiger partial charge in [-0.25, -0.2) is 0 Å². The molecule has 15 heavy (non-hydrogen) atoms. The van der Waals surface area contributed by atoms with Gasteiger partial charge in [0, 0.05) is 12.0 Å². The fourth-order valence-corrected chi connectivity index (χ4v) is 2.24. The largest absolute Gasteiger partial charge is 0.341 e. The van der Waals surface area contributed by atoms with Gasteiger partial charge in [-0.3, -0.25) is 0 Å². The smallest absolute Gasteiger partial charge is 0.127 e. The second-order valence-electron chi connectivity index (χ2n) is 4.63. The van der Waals surface area contributed by atoms with Crippen molar-refractivity contribution in [1.82, 2.24) is 0 Å². The normalized spacial score (nSPS) is 22.3. The number of hydrogen-bond acceptors (Lipinski definition) is 0. The number of aryl methyl sites for hydroxylation is 1. The summed E-state index contributed by atoms with van der Waals surface area (Å²) in [4.78, 5) is 1.74. The minimum atomic E-state index is 1.20. The molecule has 2 nitrogen and oxygen atoms in total. The Morgan fingerprint density at radius 1 is 1.13 bits per heavy atom. The van der Waals surface area contributed by atoms with Crippen molar-refractivity contribution in [2.24, 2.45) is 0 Å². The SMILES string of the molecule is Cc1ccc(C[NH+]2CCC[NH2+]CC2)cc1. The Kier molecular flexibility index (Phi) is 3.75. The number of quaternary nitrogens is 2. The lowest BCUT2D eigenvalue weighted by atomic mass is 10.1. The summed E-state index contributed by atoms with van der Waals surface area (Å²) in [5, 5.41) is 2.45. The molecular formula is C13H22N2+2. The van der Waals surface area contributed by atoms with Crippen molar-refractivity contribution in [2.75, 3.05) is 26.2 Å². The van der Waals surface area contributed by atoms with E-state index in [1.165, 1.54) is 50.3 Å². The van der Waals surface area contributed by atoms with Crippen LogP contribution in [-0.4, -0.2) is 26.2 Å². The Balaban J connectivity index is 1.92. The molecule has 0 aromatic heterocycles. The minimum Gasteiger partial charge on any atom is -0.341 e. The van der Waals surface area contributed by atoms with Gasteiger partial charge in [0.15, 0.2) is 0 Å². The van der Waals surface area contributed by atoms with Crippen LogP contribution in [0.4, 0.5) is 0 Å². The van der Waals surface area contributed by atoms with Crippen LogP contribution in [0, 0.1) is 6.92 Å². The first-order valence-corrected chi connectivity index (χ1v) is 6.05. The zero-order chi connectivity index (χ0) is 10.5. The van der Waals surface area contributed by atoms with Gasteiger partial charge in [0.05, 0.1) is 13.1 Å². The van der Waals surface area contributed by atoms with Gasteiger partial charge >= 0.3 is 0 Å². The number of rotatable bonds is 2. The molecule has 0 spiro atoms. The third-order valence-corrected chi connectivity index (χ3v) is 3.22. The van der Waals surface area contributed by atoms with Crippen LogP contribution in [0.1, 0.15) is 17.5 Å². The highest BCUT2D eigenvalue weighted by atomic mass is 15.1. The lowest BCUT2D eigenvalue weighted by Gasteiger charge is -2.15. The Hall–Kier alpha value is -0.860. The lowest BCUT2D eigenvalue weighted by Crippen LogP contribution is -3.12. The molecule has 2 rings (SSSR count). The molecule has 1 aliphatic heterocycles. The molecule has 0 amide bonds. The van der Waals surface area contributed by atoms with Crippen LogP contribution in [0.3, 0.4) is 0 Å². The van der Waals surface area contributed by atoms with Gasteiger partial charge in [-0.2, -0.15) is 0 Å². The molecule has 1 fully saturated rings. The summed E-state index contributed by atoms with van der Waals surface area (Å²) in [6, 6.07) is 8.99. The number of hydrogen-bond donors (Lipinski definition) is 2. The Labute approximate surface area is 92.3 Å². The molecule has 0 radical (unpaired) electrons. The molecule has 2 heteroatoms. The van der Waals surface area contributed by atoms with Gasteiger partial charge < -0.3 is 10.2 Å². The van der Waals surface area contributed by atoms with Gasteiger partial charge in [0.1, 0.15) is 19.6 Å². The van der Waals surface area contributed by atoms with Crippen LogP contribution in [0.15, 0.2) is 24.3 Å². The standard InChI is InChI=1S/C13H20N2/c1-12-3-5-13(6-4-12)11-15-9-2-7-14-8-10-15/h3-6,14H,2,7-11H2,1H3/p+2. The van der Waals surface area contributed by atoms with E-state index in [1.807, 2.05) is 0 Å². The summed E-state index contributed by atoms with van der Waals surface area (Å²) in [6.45, 7) is 8.61. The fourth-order valence-electron chi connectivity index (χ4n) is 2.24. The molecule has 0 bridgehead atoms. The average molecular weight is 206 g/mol. The van der Waals surface area contributed by atoms with E-state index in [2.05, 4.69) is 36.5 Å². The Morgan fingerprint density at radius 2 is 1.93 bits per heavy atom. The summed E-state index contributed by atoms with van der Waals surface area (Å²) in [7, 11) is 0. The van der Waals surface area contributed by atoms with Crippen LogP contribution < -0.4 is 10.2 Å². The van der Waals surface area contributed by atoms with Gasteiger partial charge in [-0.15, -0.1) is 0 Å². The zero-order valence-electron chi connectivity index (χ0n) is 9.63. The van der Waals surface area contributed by atoms with Crippen molar-refractivity contribution < 1.29 is 10.2 Å². The summed E-state index contributed by atoms with van der Waals surface area (Å²) in [6.07, 6.45) is 1.36. The van der Waals surface area contributed by atoms with Crippen molar-refractivity contribution in [3.63, 3.8) is 0 Å². The first-order valence-electron chi connectivity index (χ1n) is 6.05. The number of nitrogens with one attached hydrogen (secondary N) is 1. The number of benzene rings is 1. The predicted octanol–water partition coefficient (Wildman–Crippen LogP) is -0.653. The third-order valence-electron chi connectivity index (χ3n) is 3.22. The van der Waals surface area contributed by atoms with Gasteiger partial charge in [-0.05, 0) is 6.92 Å². The van der Waals surface area contributed by atoms with E-state index in [0.717, 1.165) is 0 Å². The maximum atomic E-state index is 2.45. The molecule has 1 unspecified atom stereocenters. The molecule has 1 aromatic carbocycles. The van der Waals surface area contributed by atoms with Crippen molar-refractivity contribution >= 4 is 0 Å². The summed E-state index contributed by atoms with van der Waals surface area (Å²) in [5.74, 6) is 0. The van der Waals surface area contributed by atoms with Crippen LogP contribution in [0.2, 0.25) is 0 Å². The first kappa shape index (κ1) is 10.7. The van der Waals surface area contributed by atoms with Crippen molar-refractivity contribution in [2.45, 2.75) is 19.9 Å². The highest BCUT2D eigenvalue weighted by molar-refractivity contribution is 5.20. The molecule has 1 aromatic rings. The third kappa shape index (κ3) is 3.33. The molecule has 1 atom stereocenters. The minimum absolute atomic E-state index is 1.20. The highest BCUT2D eigenvalue weighted by Crippen LogP contribution is 2.01. The maximum absolute atomic E-state index is 2.45. The van der Waals surface area contributed by atoms with Crippen molar-refractivity contribution in [1.29, 1.82) is 0 Å². The maximum Gasteiger partial charge on any atom is 0.127 e. The van der Waals surface area contributed by atoms with E-state index in [4.69, 9.17) is 0 Å². The molecule has 1 aliphatic rings. The molecule has 3 N–H and O–H groups in total. The molecule has 1 saturated heterocycles. The molecule has 82 valence electrons. The summed E-state index contributed by atoms with van der Waals surface area (Å²) in [5.41, 5.74) is 2.84. The average Bonchev–Trinajstić information content (AvgIpc) is 2.50. The zero-order valence-corrected chi connectivity index (χ0v) is 9.63. The Morgan fingerprint density at radius 3 is 2.73 bits per heavy atom. The quantitative estimate of drug-likeness (QED) is 0.641. The van der Waals surface area contributed by atoms with E-state index in [0.29, 0.717) is 0 Å². The van der Waals surface area contributed by atoms with Crippen LogP contribution in [0.25, 0.3) is 0 Å². The van der Waals surface area contributed by atoms with E-state index in [-0.39, 0.29) is 0 Å². The summed E-state index contributed by atoms with van der Waals surface area (Å²) >= 11 is 0. The van der Waals surface area contributed by atoms with E-state index in [9.17, 15) is 0 Å². The van der Waals surface area contributed by atoms with Gasteiger partial charge in [0.2, 0.25) is 0 Å². The monoisotopic (exact) mass is 206 g/mol. The second kappa shape index (κ2) is 5.29. The highest BCUT2D eigenvalue weighted by Gasteiger charge is 2.13. The van der Waals surface area contributed by atoms with Crippen LogP contribution >= 0.6 is 0 Å².